The first-order valence-electron chi connectivity index (χ1n) is 8.14. The van der Waals surface area contributed by atoms with Crippen LogP contribution in [0.5, 0.6) is 0 Å². The Hall–Kier alpha value is -1.62. The molecule has 1 amide bonds. The Morgan fingerprint density at radius 2 is 1.95 bits per heavy atom. The molecule has 1 aromatic carbocycles. The van der Waals surface area contributed by atoms with E-state index in [0.717, 1.165) is 26.2 Å². The first-order valence-corrected chi connectivity index (χ1v) is 8.14. The van der Waals surface area contributed by atoms with Crippen molar-refractivity contribution in [3.05, 3.63) is 30.1 Å². The number of carbonyl (C=O) groups is 1. The molecule has 1 unspecified atom stereocenters. The van der Waals surface area contributed by atoms with Crippen LogP contribution in [0, 0.1) is 11.7 Å². The summed E-state index contributed by atoms with van der Waals surface area (Å²) in [6.45, 7) is 5.63. The van der Waals surface area contributed by atoms with Gasteiger partial charge in [0.15, 0.2) is 0 Å². The quantitative estimate of drug-likeness (QED) is 0.902. The van der Waals surface area contributed by atoms with Gasteiger partial charge in [-0.3, -0.25) is 9.69 Å². The summed E-state index contributed by atoms with van der Waals surface area (Å²) in [6.07, 6.45) is 2.48. The van der Waals surface area contributed by atoms with Gasteiger partial charge >= 0.3 is 0 Å². The standard InChI is InChI=1S/C17H24FN3O/c1-13(14-6-7-14)19-17(22)12-20-8-10-21(11-9-20)16-5-3-2-4-15(16)18/h2-5,13-14H,6-12H2,1H3,(H,19,22). The van der Waals surface area contributed by atoms with E-state index in [1.54, 1.807) is 6.07 Å². The molecule has 1 aliphatic carbocycles. The number of nitrogens with zero attached hydrogens (tertiary/aromatic N) is 2. The molecule has 1 N–H and O–H groups in total. The van der Waals surface area contributed by atoms with Crippen molar-refractivity contribution < 1.29 is 9.18 Å². The maximum Gasteiger partial charge on any atom is 0.234 e. The number of halogens is 1. The second kappa shape index (κ2) is 6.65. The predicted molar refractivity (Wildman–Crippen MR) is 85.4 cm³/mol. The third kappa shape index (κ3) is 3.77. The smallest absolute Gasteiger partial charge is 0.234 e. The number of amides is 1. The zero-order chi connectivity index (χ0) is 15.5. The summed E-state index contributed by atoms with van der Waals surface area (Å²) < 4.78 is 13.8. The zero-order valence-electron chi connectivity index (χ0n) is 13.1. The van der Waals surface area contributed by atoms with Crippen LogP contribution in [0.25, 0.3) is 0 Å². The molecule has 1 atom stereocenters. The minimum atomic E-state index is -0.174. The number of para-hydroxylation sites is 1. The first-order chi connectivity index (χ1) is 10.6. The molecule has 0 aromatic heterocycles. The summed E-state index contributed by atoms with van der Waals surface area (Å²) in [7, 11) is 0. The van der Waals surface area contributed by atoms with Gasteiger partial charge < -0.3 is 10.2 Å². The van der Waals surface area contributed by atoms with E-state index in [9.17, 15) is 9.18 Å². The largest absolute Gasteiger partial charge is 0.367 e. The highest BCUT2D eigenvalue weighted by Gasteiger charge is 2.29. The lowest BCUT2D eigenvalue weighted by atomic mass is 10.2. The molecule has 1 heterocycles. The lowest BCUT2D eigenvalue weighted by Gasteiger charge is -2.36. The summed E-state index contributed by atoms with van der Waals surface area (Å²) in [5.41, 5.74) is 0.661. The molecule has 1 saturated heterocycles. The molecule has 2 fully saturated rings. The van der Waals surface area contributed by atoms with Crippen molar-refractivity contribution in [2.75, 3.05) is 37.6 Å². The maximum atomic E-state index is 13.8. The summed E-state index contributed by atoms with van der Waals surface area (Å²) in [4.78, 5) is 16.2. The van der Waals surface area contributed by atoms with Crippen molar-refractivity contribution in [1.82, 2.24) is 10.2 Å². The highest BCUT2D eigenvalue weighted by Crippen LogP contribution is 2.32. The van der Waals surface area contributed by atoms with E-state index in [2.05, 4.69) is 22.0 Å². The lowest BCUT2D eigenvalue weighted by molar-refractivity contribution is -0.123. The Balaban J connectivity index is 1.45. The van der Waals surface area contributed by atoms with Gasteiger partial charge in [0.1, 0.15) is 5.82 Å². The van der Waals surface area contributed by atoms with Gasteiger partial charge in [0.05, 0.1) is 12.2 Å². The number of hydrogen-bond acceptors (Lipinski definition) is 3. The highest BCUT2D eigenvalue weighted by molar-refractivity contribution is 5.78. The Kier molecular flexibility index (Phi) is 4.62. The molecule has 3 rings (SSSR count). The highest BCUT2D eigenvalue weighted by atomic mass is 19.1. The summed E-state index contributed by atoms with van der Waals surface area (Å²) in [5.74, 6) is 0.618. The van der Waals surface area contributed by atoms with Gasteiger partial charge in [-0.15, -0.1) is 0 Å². The number of rotatable bonds is 5. The van der Waals surface area contributed by atoms with E-state index in [0.29, 0.717) is 24.2 Å². The molecule has 120 valence electrons. The minimum absolute atomic E-state index is 0.110. The first kappa shape index (κ1) is 15.3. The van der Waals surface area contributed by atoms with Gasteiger partial charge in [0.25, 0.3) is 0 Å². The monoisotopic (exact) mass is 305 g/mol. The van der Waals surface area contributed by atoms with Crippen LogP contribution in [0.1, 0.15) is 19.8 Å². The van der Waals surface area contributed by atoms with E-state index in [4.69, 9.17) is 0 Å². The van der Waals surface area contributed by atoms with Crippen LogP contribution in [-0.2, 0) is 4.79 Å². The zero-order valence-corrected chi connectivity index (χ0v) is 13.1. The Morgan fingerprint density at radius 1 is 1.27 bits per heavy atom. The third-order valence-electron chi connectivity index (χ3n) is 4.65. The summed E-state index contributed by atoms with van der Waals surface area (Å²) >= 11 is 0. The van der Waals surface area contributed by atoms with E-state index >= 15 is 0 Å². The molecule has 0 radical (unpaired) electrons. The van der Waals surface area contributed by atoms with Gasteiger partial charge in [0.2, 0.25) is 5.91 Å². The average Bonchev–Trinajstić information content (AvgIpc) is 3.33. The molecule has 22 heavy (non-hydrogen) atoms. The molecular weight excluding hydrogens is 281 g/mol. The second-order valence-corrected chi connectivity index (χ2v) is 6.41. The SMILES string of the molecule is CC(NC(=O)CN1CCN(c2ccccc2F)CC1)C1CC1. The summed E-state index contributed by atoms with van der Waals surface area (Å²) in [5, 5.41) is 3.09. The van der Waals surface area contributed by atoms with Gasteiger partial charge in [-0.1, -0.05) is 12.1 Å². The van der Waals surface area contributed by atoms with Crippen molar-refractivity contribution >= 4 is 11.6 Å². The number of nitrogens with one attached hydrogen (secondary N) is 1. The maximum absolute atomic E-state index is 13.8. The van der Waals surface area contributed by atoms with Crippen molar-refractivity contribution in [1.29, 1.82) is 0 Å². The molecule has 1 aromatic rings. The molecular formula is C17H24FN3O. The normalized spacial score (nSPS) is 20.7. The fourth-order valence-corrected chi connectivity index (χ4v) is 3.07. The van der Waals surface area contributed by atoms with Crippen LogP contribution < -0.4 is 10.2 Å². The molecule has 2 aliphatic rings. The third-order valence-corrected chi connectivity index (χ3v) is 4.65. The fraction of sp³-hybridized carbons (Fsp3) is 0.588. The van der Waals surface area contributed by atoms with Crippen LogP contribution in [0.3, 0.4) is 0 Å². The number of piperazine rings is 1. The van der Waals surface area contributed by atoms with Crippen LogP contribution in [0.15, 0.2) is 24.3 Å². The van der Waals surface area contributed by atoms with Gasteiger partial charge in [0, 0.05) is 32.2 Å². The van der Waals surface area contributed by atoms with Gasteiger partial charge in [-0.2, -0.15) is 0 Å². The fourth-order valence-electron chi connectivity index (χ4n) is 3.07. The van der Waals surface area contributed by atoms with Gasteiger partial charge in [-0.05, 0) is 37.8 Å². The van der Waals surface area contributed by atoms with E-state index < -0.39 is 0 Å². The van der Waals surface area contributed by atoms with Crippen molar-refractivity contribution in [2.24, 2.45) is 5.92 Å². The van der Waals surface area contributed by atoms with Crippen LogP contribution in [0.4, 0.5) is 10.1 Å². The van der Waals surface area contributed by atoms with Crippen LogP contribution in [-0.4, -0.2) is 49.6 Å². The molecule has 0 bridgehead atoms. The van der Waals surface area contributed by atoms with Gasteiger partial charge in [-0.25, -0.2) is 4.39 Å². The van der Waals surface area contributed by atoms with E-state index in [1.165, 1.54) is 18.9 Å². The number of anilines is 1. The Bertz CT molecular complexity index is 524. The molecule has 0 spiro atoms. The van der Waals surface area contributed by atoms with Crippen molar-refractivity contribution in [3.8, 4) is 0 Å². The minimum Gasteiger partial charge on any atom is -0.367 e. The number of carbonyl (C=O) groups excluding carboxylic acids is 1. The van der Waals surface area contributed by atoms with Crippen molar-refractivity contribution in [2.45, 2.75) is 25.8 Å². The molecule has 1 aliphatic heterocycles. The number of benzene rings is 1. The summed E-state index contributed by atoms with van der Waals surface area (Å²) in [6, 6.07) is 7.17. The van der Waals surface area contributed by atoms with Crippen molar-refractivity contribution in [3.63, 3.8) is 0 Å². The molecule has 5 heteroatoms. The second-order valence-electron chi connectivity index (χ2n) is 6.41. The number of hydrogen-bond donors (Lipinski definition) is 1. The lowest BCUT2D eigenvalue weighted by Crippen LogP contribution is -2.50. The Morgan fingerprint density at radius 3 is 2.59 bits per heavy atom. The molecule has 1 saturated carbocycles. The molecule has 4 nitrogen and oxygen atoms in total. The predicted octanol–water partition coefficient (Wildman–Crippen LogP) is 1.86. The van der Waals surface area contributed by atoms with E-state index in [1.807, 2.05) is 12.1 Å². The Labute approximate surface area is 131 Å². The van der Waals surface area contributed by atoms with E-state index in [-0.39, 0.29) is 11.7 Å². The average molecular weight is 305 g/mol. The van der Waals surface area contributed by atoms with Crippen LogP contribution in [0.2, 0.25) is 0 Å². The topological polar surface area (TPSA) is 35.6 Å². The van der Waals surface area contributed by atoms with Crippen LogP contribution >= 0.6 is 0 Å².